The van der Waals surface area contributed by atoms with Crippen LogP contribution in [0.2, 0.25) is 5.02 Å². The summed E-state index contributed by atoms with van der Waals surface area (Å²) >= 11 is 5.71. The molecule has 0 aromatic heterocycles. The van der Waals surface area contributed by atoms with Crippen molar-refractivity contribution in [2.45, 2.75) is 26.4 Å². The first-order valence-corrected chi connectivity index (χ1v) is 6.42. The molecule has 0 saturated heterocycles. The average molecular weight is 307 g/mol. The van der Waals surface area contributed by atoms with Gasteiger partial charge in [-0.05, 0) is 26.8 Å². The second-order valence-corrected chi connectivity index (χ2v) is 5.51. The molecule has 1 aromatic rings. The number of amides is 1. The highest BCUT2D eigenvalue weighted by Crippen LogP contribution is 2.25. The molecule has 0 spiro atoms. The number of nitrogens with one attached hydrogen (secondary N) is 2. The predicted octanol–water partition coefficient (Wildman–Crippen LogP) is 3.55. The van der Waals surface area contributed by atoms with Gasteiger partial charge in [0.2, 0.25) is 0 Å². The average Bonchev–Trinajstić information content (AvgIpc) is 2.23. The quantitative estimate of drug-likeness (QED) is 0.836. The molecule has 7 heteroatoms. The van der Waals surface area contributed by atoms with Gasteiger partial charge in [0, 0.05) is 19.2 Å². The summed E-state index contributed by atoms with van der Waals surface area (Å²) in [6.07, 6.45) is -0.565. The van der Waals surface area contributed by atoms with Gasteiger partial charge in [-0.3, -0.25) is 0 Å². The van der Waals surface area contributed by atoms with Crippen molar-refractivity contribution in [1.29, 1.82) is 0 Å². The Morgan fingerprint density at radius 3 is 2.50 bits per heavy atom. The molecular weight excluding hydrogens is 290 g/mol. The number of alkyl carbamates (subject to hydrolysis) is 1. The molecule has 0 saturated carbocycles. The fraction of sp³-hybridized carbons (Fsp3) is 0.462. The van der Waals surface area contributed by atoms with Gasteiger partial charge in [0.25, 0.3) is 0 Å². The SMILES string of the molecule is CC(C)(C)OC(=O)NCCNc1c(F)cc(F)cc1Cl. The Balaban J connectivity index is 2.41. The van der Waals surface area contributed by atoms with Crippen LogP contribution in [0.5, 0.6) is 0 Å². The van der Waals surface area contributed by atoms with Crippen LogP contribution in [0.4, 0.5) is 19.3 Å². The van der Waals surface area contributed by atoms with E-state index in [1.165, 1.54) is 0 Å². The predicted molar refractivity (Wildman–Crippen MR) is 74.1 cm³/mol. The summed E-state index contributed by atoms with van der Waals surface area (Å²) in [6, 6.07) is 1.74. The van der Waals surface area contributed by atoms with E-state index in [9.17, 15) is 13.6 Å². The van der Waals surface area contributed by atoms with E-state index < -0.39 is 23.3 Å². The number of carbonyl (C=O) groups excluding carboxylic acids is 1. The molecule has 1 aromatic carbocycles. The highest BCUT2D eigenvalue weighted by atomic mass is 35.5. The zero-order valence-corrected chi connectivity index (χ0v) is 12.3. The van der Waals surface area contributed by atoms with Gasteiger partial charge in [-0.25, -0.2) is 13.6 Å². The number of anilines is 1. The van der Waals surface area contributed by atoms with Crippen LogP contribution >= 0.6 is 11.6 Å². The first-order valence-electron chi connectivity index (χ1n) is 6.04. The molecule has 0 aliphatic carbocycles. The lowest BCUT2D eigenvalue weighted by molar-refractivity contribution is 0.0530. The lowest BCUT2D eigenvalue weighted by Crippen LogP contribution is -2.35. The third kappa shape index (κ3) is 5.61. The van der Waals surface area contributed by atoms with Gasteiger partial charge in [-0.15, -0.1) is 0 Å². The Morgan fingerprint density at radius 1 is 1.30 bits per heavy atom. The molecule has 0 fully saturated rings. The van der Waals surface area contributed by atoms with Crippen molar-refractivity contribution in [2.24, 2.45) is 0 Å². The number of hydrogen-bond donors (Lipinski definition) is 2. The van der Waals surface area contributed by atoms with Gasteiger partial charge >= 0.3 is 6.09 Å². The number of carbonyl (C=O) groups is 1. The third-order valence-electron chi connectivity index (χ3n) is 2.10. The van der Waals surface area contributed by atoms with Crippen molar-refractivity contribution in [1.82, 2.24) is 5.32 Å². The van der Waals surface area contributed by atoms with Crippen LogP contribution in [0.3, 0.4) is 0 Å². The third-order valence-corrected chi connectivity index (χ3v) is 2.40. The maximum Gasteiger partial charge on any atom is 0.407 e. The van der Waals surface area contributed by atoms with E-state index in [0.29, 0.717) is 0 Å². The Kier molecular flexibility index (Phi) is 5.56. The van der Waals surface area contributed by atoms with Gasteiger partial charge in [0.1, 0.15) is 11.4 Å². The van der Waals surface area contributed by atoms with Crippen molar-refractivity contribution in [3.63, 3.8) is 0 Å². The van der Waals surface area contributed by atoms with Crippen LogP contribution in [-0.4, -0.2) is 24.8 Å². The Bertz CT molecular complexity index is 467. The normalized spacial score (nSPS) is 11.1. The Hall–Kier alpha value is -1.56. The van der Waals surface area contributed by atoms with E-state index in [4.69, 9.17) is 16.3 Å². The summed E-state index contributed by atoms with van der Waals surface area (Å²) in [6.45, 7) is 5.68. The van der Waals surface area contributed by atoms with Crippen molar-refractivity contribution in [3.8, 4) is 0 Å². The number of hydrogen-bond acceptors (Lipinski definition) is 3. The molecule has 0 bridgehead atoms. The van der Waals surface area contributed by atoms with Crippen molar-refractivity contribution in [2.75, 3.05) is 18.4 Å². The van der Waals surface area contributed by atoms with Gasteiger partial charge in [0.05, 0.1) is 10.7 Å². The lowest BCUT2D eigenvalue weighted by Gasteiger charge is -2.19. The van der Waals surface area contributed by atoms with Gasteiger partial charge in [-0.2, -0.15) is 0 Å². The second kappa shape index (κ2) is 6.74. The van der Waals surface area contributed by atoms with E-state index >= 15 is 0 Å². The van der Waals surface area contributed by atoms with Crippen LogP contribution in [-0.2, 0) is 4.74 Å². The zero-order valence-electron chi connectivity index (χ0n) is 11.5. The maximum atomic E-state index is 13.4. The number of rotatable bonds is 4. The summed E-state index contributed by atoms with van der Waals surface area (Å²) in [7, 11) is 0. The molecule has 112 valence electrons. The second-order valence-electron chi connectivity index (χ2n) is 5.10. The van der Waals surface area contributed by atoms with Gasteiger partial charge < -0.3 is 15.4 Å². The van der Waals surface area contributed by atoms with Crippen LogP contribution < -0.4 is 10.6 Å². The van der Waals surface area contributed by atoms with E-state index in [-0.39, 0.29) is 23.8 Å². The highest BCUT2D eigenvalue weighted by Gasteiger charge is 2.15. The molecule has 0 atom stereocenters. The molecule has 0 radical (unpaired) electrons. The van der Waals surface area contributed by atoms with Crippen molar-refractivity contribution >= 4 is 23.4 Å². The van der Waals surface area contributed by atoms with Crippen LogP contribution in [0, 0.1) is 11.6 Å². The molecule has 2 N–H and O–H groups in total. The fourth-order valence-electron chi connectivity index (χ4n) is 1.38. The van der Waals surface area contributed by atoms with E-state index in [1.807, 2.05) is 0 Å². The first-order chi connectivity index (χ1) is 9.19. The highest BCUT2D eigenvalue weighted by molar-refractivity contribution is 6.33. The van der Waals surface area contributed by atoms with Crippen molar-refractivity contribution < 1.29 is 18.3 Å². The monoisotopic (exact) mass is 306 g/mol. The van der Waals surface area contributed by atoms with Crippen molar-refractivity contribution in [3.05, 3.63) is 28.8 Å². The Morgan fingerprint density at radius 2 is 1.95 bits per heavy atom. The molecule has 20 heavy (non-hydrogen) atoms. The maximum absolute atomic E-state index is 13.4. The van der Waals surface area contributed by atoms with Crippen LogP contribution in [0.15, 0.2) is 12.1 Å². The molecule has 0 aliphatic rings. The van der Waals surface area contributed by atoms with Gasteiger partial charge in [-0.1, -0.05) is 11.6 Å². The summed E-state index contributed by atoms with van der Waals surface area (Å²) < 4.78 is 31.3. The first kappa shape index (κ1) is 16.5. The van der Waals surface area contributed by atoms with Crippen LogP contribution in [0.1, 0.15) is 20.8 Å². The Labute approximate surface area is 121 Å². The molecule has 0 heterocycles. The van der Waals surface area contributed by atoms with Crippen LogP contribution in [0.25, 0.3) is 0 Å². The summed E-state index contributed by atoms with van der Waals surface area (Å²) in [4.78, 5) is 11.3. The topological polar surface area (TPSA) is 50.4 Å². The summed E-state index contributed by atoms with van der Waals surface area (Å²) in [5, 5.41) is 5.12. The lowest BCUT2D eigenvalue weighted by atomic mass is 10.2. The largest absolute Gasteiger partial charge is 0.444 e. The summed E-state index contributed by atoms with van der Waals surface area (Å²) in [5.41, 5.74) is -0.580. The minimum Gasteiger partial charge on any atom is -0.444 e. The van der Waals surface area contributed by atoms with E-state index in [2.05, 4.69) is 10.6 Å². The smallest absolute Gasteiger partial charge is 0.407 e. The number of halogens is 3. The van der Waals surface area contributed by atoms with Gasteiger partial charge in [0.15, 0.2) is 5.82 Å². The van der Waals surface area contributed by atoms with E-state index in [0.717, 1.165) is 12.1 Å². The molecular formula is C13H17ClF2N2O2. The zero-order chi connectivity index (χ0) is 15.3. The molecule has 0 aliphatic heterocycles. The standard InChI is InChI=1S/C13H17ClF2N2O2/c1-13(2,3)20-12(19)18-5-4-17-11-9(14)6-8(15)7-10(11)16/h6-7,17H,4-5H2,1-3H3,(H,18,19). The molecule has 4 nitrogen and oxygen atoms in total. The molecule has 0 unspecified atom stereocenters. The fourth-order valence-corrected chi connectivity index (χ4v) is 1.64. The molecule has 1 rings (SSSR count). The minimum absolute atomic E-state index is 0.000875. The summed E-state index contributed by atoms with van der Waals surface area (Å²) in [5.74, 6) is -1.53. The minimum atomic E-state index is -0.785. The van der Waals surface area contributed by atoms with E-state index in [1.54, 1.807) is 20.8 Å². The number of ether oxygens (including phenoxy) is 1. The molecule has 1 amide bonds. The number of benzene rings is 1.